The third kappa shape index (κ3) is 6.38. The molecule has 2 aromatic carbocycles. The van der Waals surface area contributed by atoms with Crippen LogP contribution in [0.2, 0.25) is 5.02 Å². The maximum atomic E-state index is 12.8. The molecule has 0 aliphatic heterocycles. The smallest absolute Gasteiger partial charge is 0.328 e. The minimum atomic E-state index is -0.960. The Hall–Kier alpha value is -2.93. The number of nitrogens with one attached hydrogen (secondary N) is 2. The molecule has 0 spiro atoms. The van der Waals surface area contributed by atoms with E-state index in [-0.39, 0.29) is 22.9 Å². The second kappa shape index (κ2) is 9.68. The molecule has 0 saturated carbocycles. The summed E-state index contributed by atoms with van der Waals surface area (Å²) in [6, 6.07) is 11.1. The molecule has 2 aromatic rings. The molecular formula is C19H18ClFN2O4. The molecule has 27 heavy (non-hydrogen) atoms. The van der Waals surface area contributed by atoms with Gasteiger partial charge < -0.3 is 15.4 Å². The molecule has 0 aliphatic carbocycles. The Morgan fingerprint density at radius 1 is 1.11 bits per heavy atom. The van der Waals surface area contributed by atoms with E-state index < -0.39 is 30.4 Å². The molecule has 2 amide bonds. The summed E-state index contributed by atoms with van der Waals surface area (Å²) >= 11 is 5.93. The third-order valence-corrected chi connectivity index (χ3v) is 3.90. The molecule has 0 radical (unpaired) electrons. The van der Waals surface area contributed by atoms with E-state index in [1.165, 1.54) is 37.3 Å². The second-order valence-electron chi connectivity index (χ2n) is 5.69. The maximum Gasteiger partial charge on any atom is 0.328 e. The Balaban J connectivity index is 1.75. The lowest BCUT2D eigenvalue weighted by molar-refractivity contribution is -0.150. The van der Waals surface area contributed by atoms with E-state index in [1.807, 2.05) is 0 Å². The normalized spacial score (nSPS) is 11.4. The summed E-state index contributed by atoms with van der Waals surface area (Å²) in [5, 5.41) is 5.26. The Labute approximate surface area is 160 Å². The quantitative estimate of drug-likeness (QED) is 0.709. The number of ether oxygens (including phenoxy) is 1. The maximum absolute atomic E-state index is 12.8. The highest BCUT2D eigenvalue weighted by atomic mass is 35.5. The van der Waals surface area contributed by atoms with Gasteiger partial charge in [0.1, 0.15) is 11.9 Å². The first-order chi connectivity index (χ1) is 12.9. The molecular weight excluding hydrogens is 375 g/mol. The van der Waals surface area contributed by atoms with Crippen molar-refractivity contribution in [3.8, 4) is 0 Å². The van der Waals surface area contributed by atoms with E-state index in [0.29, 0.717) is 5.56 Å². The van der Waals surface area contributed by atoms with Crippen LogP contribution < -0.4 is 10.6 Å². The fourth-order valence-electron chi connectivity index (χ4n) is 2.09. The predicted octanol–water partition coefficient (Wildman–Crippen LogP) is 2.46. The molecule has 6 nitrogen and oxygen atoms in total. The topological polar surface area (TPSA) is 84.5 Å². The highest BCUT2D eigenvalue weighted by molar-refractivity contribution is 6.33. The standard InChI is InChI=1S/C19H18ClFN2O4/c1-12(23-18(25)15-4-2-3-5-16(15)20)19(26)27-11-17(24)22-10-13-6-8-14(21)9-7-13/h2-9,12H,10-11H2,1H3,(H,22,24)(H,23,25)/t12-/m0/s1. The molecule has 2 rings (SSSR count). The van der Waals surface area contributed by atoms with Crippen LogP contribution in [-0.4, -0.2) is 30.4 Å². The minimum absolute atomic E-state index is 0.176. The van der Waals surface area contributed by atoms with Gasteiger partial charge in [-0.25, -0.2) is 9.18 Å². The first-order valence-electron chi connectivity index (χ1n) is 8.10. The van der Waals surface area contributed by atoms with Gasteiger partial charge >= 0.3 is 5.97 Å². The number of rotatable bonds is 7. The van der Waals surface area contributed by atoms with E-state index in [2.05, 4.69) is 10.6 Å². The Morgan fingerprint density at radius 2 is 1.78 bits per heavy atom. The molecule has 142 valence electrons. The number of benzene rings is 2. The fourth-order valence-corrected chi connectivity index (χ4v) is 2.32. The molecule has 0 fully saturated rings. The van der Waals surface area contributed by atoms with Crippen molar-refractivity contribution in [2.24, 2.45) is 0 Å². The van der Waals surface area contributed by atoms with E-state index in [9.17, 15) is 18.8 Å². The first kappa shape index (κ1) is 20.4. The number of esters is 1. The molecule has 0 aliphatic rings. The summed E-state index contributed by atoms with van der Waals surface area (Å²) in [7, 11) is 0. The van der Waals surface area contributed by atoms with Crippen molar-refractivity contribution in [3.63, 3.8) is 0 Å². The monoisotopic (exact) mass is 392 g/mol. The first-order valence-corrected chi connectivity index (χ1v) is 8.48. The van der Waals surface area contributed by atoms with Crippen LogP contribution in [0.1, 0.15) is 22.8 Å². The number of amides is 2. The second-order valence-corrected chi connectivity index (χ2v) is 6.09. The molecule has 0 unspecified atom stereocenters. The van der Waals surface area contributed by atoms with Gasteiger partial charge in [0.15, 0.2) is 6.61 Å². The van der Waals surface area contributed by atoms with Crippen molar-refractivity contribution in [2.75, 3.05) is 6.61 Å². The predicted molar refractivity (Wildman–Crippen MR) is 97.6 cm³/mol. The minimum Gasteiger partial charge on any atom is -0.454 e. The molecule has 2 N–H and O–H groups in total. The number of halogens is 2. The van der Waals surface area contributed by atoms with Gasteiger partial charge in [0, 0.05) is 6.54 Å². The van der Waals surface area contributed by atoms with Crippen LogP contribution in [0.4, 0.5) is 4.39 Å². The lowest BCUT2D eigenvalue weighted by atomic mass is 10.2. The third-order valence-electron chi connectivity index (χ3n) is 3.57. The summed E-state index contributed by atoms with van der Waals surface area (Å²) in [5.74, 6) is -2.16. The zero-order chi connectivity index (χ0) is 19.8. The number of hydrogen-bond acceptors (Lipinski definition) is 4. The van der Waals surface area contributed by atoms with Crippen LogP contribution in [0, 0.1) is 5.82 Å². The van der Waals surface area contributed by atoms with Crippen molar-refractivity contribution in [1.82, 2.24) is 10.6 Å². The van der Waals surface area contributed by atoms with Gasteiger partial charge in [-0.3, -0.25) is 9.59 Å². The number of hydrogen-bond donors (Lipinski definition) is 2. The van der Waals surface area contributed by atoms with Gasteiger partial charge in [-0.15, -0.1) is 0 Å². The summed E-state index contributed by atoms with van der Waals surface area (Å²) in [5.41, 5.74) is 0.937. The van der Waals surface area contributed by atoms with Crippen molar-refractivity contribution in [1.29, 1.82) is 0 Å². The molecule has 0 bridgehead atoms. The van der Waals surface area contributed by atoms with Crippen molar-refractivity contribution in [2.45, 2.75) is 19.5 Å². The van der Waals surface area contributed by atoms with E-state index in [1.54, 1.807) is 18.2 Å². The largest absolute Gasteiger partial charge is 0.454 e. The van der Waals surface area contributed by atoms with Crippen LogP contribution >= 0.6 is 11.6 Å². The summed E-state index contributed by atoms with van der Waals surface area (Å²) in [6.45, 7) is 1.12. The average molecular weight is 393 g/mol. The summed E-state index contributed by atoms with van der Waals surface area (Å²) in [6.07, 6.45) is 0. The Kier molecular flexibility index (Phi) is 7.31. The van der Waals surface area contributed by atoms with E-state index >= 15 is 0 Å². The molecule has 1 atom stereocenters. The van der Waals surface area contributed by atoms with Crippen molar-refractivity contribution in [3.05, 3.63) is 70.5 Å². The van der Waals surface area contributed by atoms with Gasteiger partial charge in [-0.05, 0) is 36.8 Å². The lowest BCUT2D eigenvalue weighted by Crippen LogP contribution is -2.41. The Bertz CT molecular complexity index is 827. The van der Waals surface area contributed by atoms with Gasteiger partial charge in [0.25, 0.3) is 11.8 Å². The zero-order valence-electron chi connectivity index (χ0n) is 14.5. The lowest BCUT2D eigenvalue weighted by Gasteiger charge is -2.14. The van der Waals surface area contributed by atoms with E-state index in [4.69, 9.17) is 16.3 Å². The summed E-state index contributed by atoms with van der Waals surface area (Å²) in [4.78, 5) is 35.7. The zero-order valence-corrected chi connectivity index (χ0v) is 15.3. The van der Waals surface area contributed by atoms with Gasteiger partial charge in [-0.1, -0.05) is 35.9 Å². The highest BCUT2D eigenvalue weighted by Crippen LogP contribution is 2.14. The van der Waals surface area contributed by atoms with E-state index in [0.717, 1.165) is 0 Å². The van der Waals surface area contributed by atoms with Crippen LogP contribution in [-0.2, 0) is 20.9 Å². The summed E-state index contributed by atoms with van der Waals surface area (Å²) < 4.78 is 17.7. The van der Waals surface area contributed by atoms with Crippen molar-refractivity contribution >= 4 is 29.4 Å². The van der Waals surface area contributed by atoms with Crippen molar-refractivity contribution < 1.29 is 23.5 Å². The SMILES string of the molecule is C[C@H](NC(=O)c1ccccc1Cl)C(=O)OCC(=O)NCc1ccc(F)cc1. The average Bonchev–Trinajstić information content (AvgIpc) is 2.65. The van der Waals surface area contributed by atoms with Crippen LogP contribution in [0.5, 0.6) is 0 Å². The number of carbonyl (C=O) groups is 3. The van der Waals surface area contributed by atoms with Gasteiger partial charge in [0.2, 0.25) is 0 Å². The van der Waals surface area contributed by atoms with Crippen LogP contribution in [0.15, 0.2) is 48.5 Å². The number of carbonyl (C=O) groups excluding carboxylic acids is 3. The molecule has 0 saturated heterocycles. The molecule has 0 heterocycles. The van der Waals surface area contributed by atoms with Gasteiger partial charge in [0.05, 0.1) is 10.6 Å². The highest BCUT2D eigenvalue weighted by Gasteiger charge is 2.20. The fraction of sp³-hybridized carbons (Fsp3) is 0.211. The molecule has 8 heteroatoms. The molecule has 0 aromatic heterocycles. The van der Waals surface area contributed by atoms with Gasteiger partial charge in [-0.2, -0.15) is 0 Å². The Morgan fingerprint density at radius 3 is 2.44 bits per heavy atom. The van der Waals surface area contributed by atoms with Crippen LogP contribution in [0.25, 0.3) is 0 Å². The van der Waals surface area contributed by atoms with Crippen LogP contribution in [0.3, 0.4) is 0 Å².